The number of carbonyl (C=O) groups excluding carboxylic acids is 1. The summed E-state index contributed by atoms with van der Waals surface area (Å²) in [5.41, 5.74) is 4.61. The Bertz CT molecular complexity index is 807. The van der Waals surface area contributed by atoms with Crippen LogP contribution in [0.25, 0.3) is 0 Å². The topological polar surface area (TPSA) is 59.8 Å². The molecule has 5 nitrogen and oxygen atoms in total. The van der Waals surface area contributed by atoms with Gasteiger partial charge in [-0.3, -0.25) is 14.5 Å². The van der Waals surface area contributed by atoms with Crippen LogP contribution in [0.1, 0.15) is 27.2 Å². The van der Waals surface area contributed by atoms with Crippen molar-refractivity contribution >= 4 is 11.6 Å². The molecule has 2 aromatic heterocycles. The van der Waals surface area contributed by atoms with Crippen molar-refractivity contribution in [3.05, 3.63) is 77.4 Å². The van der Waals surface area contributed by atoms with Crippen molar-refractivity contribution in [3.63, 3.8) is 0 Å². The van der Waals surface area contributed by atoms with Crippen LogP contribution in [0.4, 0.5) is 5.69 Å². The predicted molar refractivity (Wildman–Crippen MR) is 89.4 cm³/mol. The highest BCUT2D eigenvalue weighted by Gasteiger charge is 2.12. The summed E-state index contributed by atoms with van der Waals surface area (Å²) in [6, 6.07) is 11.9. The third-order valence-electron chi connectivity index (χ3n) is 3.85. The van der Waals surface area contributed by atoms with Crippen LogP contribution in [0.3, 0.4) is 0 Å². The number of nitrogens with one attached hydrogen (secondary N) is 1. The van der Waals surface area contributed by atoms with Crippen LogP contribution in [-0.2, 0) is 13.5 Å². The summed E-state index contributed by atoms with van der Waals surface area (Å²) in [5.74, 6) is -0.141. The Balaban J connectivity index is 1.68. The molecule has 0 unspecified atom stereocenters. The number of anilines is 1. The molecule has 0 aliphatic carbocycles. The Morgan fingerprint density at radius 2 is 1.74 bits per heavy atom. The number of rotatable bonds is 4. The van der Waals surface area contributed by atoms with Crippen LogP contribution in [0.15, 0.2) is 55.0 Å². The van der Waals surface area contributed by atoms with Gasteiger partial charge < -0.3 is 5.32 Å². The number of hydrogen-bond acceptors (Lipinski definition) is 3. The minimum Gasteiger partial charge on any atom is -0.322 e. The molecule has 1 aromatic carbocycles. The van der Waals surface area contributed by atoms with Crippen molar-refractivity contribution in [2.75, 3.05) is 5.32 Å². The van der Waals surface area contributed by atoms with Crippen molar-refractivity contribution in [2.24, 2.45) is 7.05 Å². The predicted octanol–water partition coefficient (Wildman–Crippen LogP) is 2.97. The average Bonchev–Trinajstić information content (AvgIpc) is 2.90. The largest absolute Gasteiger partial charge is 0.322 e. The minimum absolute atomic E-state index is 0.141. The van der Waals surface area contributed by atoms with E-state index in [2.05, 4.69) is 15.4 Å². The van der Waals surface area contributed by atoms with Gasteiger partial charge in [0, 0.05) is 30.8 Å². The minimum atomic E-state index is -0.141. The standard InChI is InChI=1S/C18H18N4O/c1-13-17(12-20-22(13)2)18(23)21-16-5-3-14(4-6-16)11-15-7-9-19-10-8-15/h3-10,12H,11H2,1-2H3,(H,21,23). The molecule has 0 saturated carbocycles. The van der Waals surface area contributed by atoms with E-state index in [4.69, 9.17) is 0 Å². The van der Waals surface area contributed by atoms with Gasteiger partial charge in [0.25, 0.3) is 5.91 Å². The van der Waals surface area contributed by atoms with Gasteiger partial charge in [0.05, 0.1) is 11.8 Å². The molecule has 5 heteroatoms. The maximum absolute atomic E-state index is 12.3. The zero-order valence-corrected chi connectivity index (χ0v) is 13.2. The quantitative estimate of drug-likeness (QED) is 0.806. The Labute approximate surface area is 135 Å². The molecule has 0 spiro atoms. The zero-order chi connectivity index (χ0) is 16.2. The molecule has 0 radical (unpaired) electrons. The van der Waals surface area contributed by atoms with Crippen molar-refractivity contribution < 1.29 is 4.79 Å². The number of benzene rings is 1. The Morgan fingerprint density at radius 1 is 1.09 bits per heavy atom. The first-order valence-electron chi connectivity index (χ1n) is 7.41. The molecule has 1 amide bonds. The fraction of sp³-hybridized carbons (Fsp3) is 0.167. The molecule has 2 heterocycles. The summed E-state index contributed by atoms with van der Waals surface area (Å²) >= 11 is 0. The van der Waals surface area contributed by atoms with Gasteiger partial charge in [-0.1, -0.05) is 12.1 Å². The number of amides is 1. The summed E-state index contributed by atoms with van der Waals surface area (Å²) in [6.45, 7) is 1.87. The van der Waals surface area contributed by atoms with Gasteiger partial charge in [-0.25, -0.2) is 0 Å². The van der Waals surface area contributed by atoms with Crippen molar-refractivity contribution in [1.82, 2.24) is 14.8 Å². The SMILES string of the molecule is Cc1c(C(=O)Nc2ccc(Cc3ccncc3)cc2)cnn1C. The molecule has 0 atom stereocenters. The van der Waals surface area contributed by atoms with Crippen LogP contribution < -0.4 is 5.32 Å². The number of pyridine rings is 1. The van der Waals surface area contributed by atoms with Crippen molar-refractivity contribution in [3.8, 4) is 0 Å². The molecule has 0 aliphatic rings. The van der Waals surface area contributed by atoms with Gasteiger partial charge in [-0.15, -0.1) is 0 Å². The lowest BCUT2D eigenvalue weighted by Gasteiger charge is -2.07. The molecule has 23 heavy (non-hydrogen) atoms. The van der Waals surface area contributed by atoms with E-state index < -0.39 is 0 Å². The van der Waals surface area contributed by atoms with E-state index in [0.717, 1.165) is 17.8 Å². The van der Waals surface area contributed by atoms with E-state index in [1.165, 1.54) is 11.1 Å². The molecule has 116 valence electrons. The number of carbonyl (C=O) groups is 1. The van der Waals surface area contributed by atoms with E-state index in [0.29, 0.717) is 5.56 Å². The second kappa shape index (κ2) is 6.44. The maximum Gasteiger partial charge on any atom is 0.259 e. The Kier molecular flexibility index (Phi) is 4.19. The molecule has 0 bridgehead atoms. The van der Waals surface area contributed by atoms with Crippen LogP contribution in [0.5, 0.6) is 0 Å². The maximum atomic E-state index is 12.3. The molecular formula is C18H18N4O. The number of nitrogens with zero attached hydrogens (tertiary/aromatic N) is 3. The summed E-state index contributed by atoms with van der Waals surface area (Å²) in [5, 5.41) is 6.99. The highest BCUT2D eigenvalue weighted by molar-refractivity contribution is 6.04. The number of aromatic nitrogens is 3. The average molecular weight is 306 g/mol. The molecule has 3 rings (SSSR count). The number of aryl methyl sites for hydroxylation is 1. The van der Waals surface area contributed by atoms with Gasteiger partial charge in [0.2, 0.25) is 0 Å². The van der Waals surface area contributed by atoms with E-state index in [9.17, 15) is 4.79 Å². The summed E-state index contributed by atoms with van der Waals surface area (Å²) < 4.78 is 1.69. The molecular weight excluding hydrogens is 288 g/mol. The van der Waals surface area contributed by atoms with E-state index in [1.54, 1.807) is 23.3 Å². The van der Waals surface area contributed by atoms with Crippen molar-refractivity contribution in [2.45, 2.75) is 13.3 Å². The first kappa shape index (κ1) is 15.0. The molecule has 1 N–H and O–H groups in total. The Hall–Kier alpha value is -2.95. The summed E-state index contributed by atoms with van der Waals surface area (Å²) in [6.07, 6.45) is 6.02. The van der Waals surface area contributed by atoms with E-state index >= 15 is 0 Å². The van der Waals surface area contributed by atoms with E-state index in [-0.39, 0.29) is 5.91 Å². The fourth-order valence-electron chi connectivity index (χ4n) is 2.36. The van der Waals surface area contributed by atoms with Crippen LogP contribution in [0.2, 0.25) is 0 Å². The molecule has 0 fully saturated rings. The van der Waals surface area contributed by atoms with Crippen molar-refractivity contribution in [1.29, 1.82) is 0 Å². The van der Waals surface area contributed by atoms with Gasteiger partial charge >= 0.3 is 0 Å². The number of hydrogen-bond donors (Lipinski definition) is 1. The smallest absolute Gasteiger partial charge is 0.259 e. The van der Waals surface area contributed by atoms with E-state index in [1.807, 2.05) is 50.4 Å². The summed E-state index contributed by atoms with van der Waals surface area (Å²) in [7, 11) is 1.82. The van der Waals surface area contributed by atoms with Gasteiger partial charge in [0.1, 0.15) is 0 Å². The lowest BCUT2D eigenvalue weighted by Crippen LogP contribution is -2.12. The second-order valence-corrected chi connectivity index (χ2v) is 5.45. The first-order chi connectivity index (χ1) is 11.1. The molecule has 3 aromatic rings. The monoisotopic (exact) mass is 306 g/mol. The fourth-order valence-corrected chi connectivity index (χ4v) is 2.36. The zero-order valence-electron chi connectivity index (χ0n) is 13.2. The molecule has 0 saturated heterocycles. The van der Waals surface area contributed by atoms with Gasteiger partial charge in [0.15, 0.2) is 0 Å². The van der Waals surface area contributed by atoms with Crippen LogP contribution in [0, 0.1) is 6.92 Å². The lowest BCUT2D eigenvalue weighted by atomic mass is 10.1. The normalized spacial score (nSPS) is 10.5. The highest BCUT2D eigenvalue weighted by atomic mass is 16.1. The van der Waals surface area contributed by atoms with Gasteiger partial charge in [-0.05, 0) is 48.7 Å². The highest BCUT2D eigenvalue weighted by Crippen LogP contribution is 2.15. The lowest BCUT2D eigenvalue weighted by molar-refractivity contribution is 0.102. The van der Waals surface area contributed by atoms with Crippen LogP contribution >= 0.6 is 0 Å². The third kappa shape index (κ3) is 3.45. The second-order valence-electron chi connectivity index (χ2n) is 5.45. The Morgan fingerprint density at radius 3 is 2.35 bits per heavy atom. The first-order valence-corrected chi connectivity index (χ1v) is 7.41. The molecule has 0 aliphatic heterocycles. The third-order valence-corrected chi connectivity index (χ3v) is 3.85. The van der Waals surface area contributed by atoms with Crippen LogP contribution in [-0.4, -0.2) is 20.7 Å². The van der Waals surface area contributed by atoms with Gasteiger partial charge in [-0.2, -0.15) is 5.10 Å². The summed E-state index contributed by atoms with van der Waals surface area (Å²) in [4.78, 5) is 16.3.